The number of nitrogens with zero attached hydrogens (tertiary/aromatic N) is 2. The number of amides is 1. The third-order valence-electron chi connectivity index (χ3n) is 4.16. The van der Waals surface area contributed by atoms with E-state index in [9.17, 15) is 4.79 Å². The first-order valence-electron chi connectivity index (χ1n) is 8.34. The fourth-order valence-corrected chi connectivity index (χ4v) is 3.67. The number of carbonyl (C=O) groups excluding carboxylic acids is 1. The minimum absolute atomic E-state index is 0.446. The van der Waals surface area contributed by atoms with E-state index in [4.69, 9.17) is 16.2 Å². The fraction of sp³-hybridized carbons (Fsp3) is 0.412. The topological polar surface area (TPSA) is 106 Å². The van der Waals surface area contributed by atoms with Gasteiger partial charge in [0.15, 0.2) is 5.82 Å². The molecule has 1 aliphatic rings. The molecule has 0 radical (unpaired) electrons. The van der Waals surface area contributed by atoms with Crippen LogP contribution in [0.2, 0.25) is 0 Å². The minimum atomic E-state index is -0.476. The molecule has 1 aromatic carbocycles. The summed E-state index contributed by atoms with van der Waals surface area (Å²) in [4.78, 5) is 15.1. The summed E-state index contributed by atoms with van der Waals surface area (Å²) in [5, 5.41) is 3.25. The average Bonchev–Trinajstić information content (AvgIpc) is 3.04. The molecule has 0 bridgehead atoms. The van der Waals surface area contributed by atoms with Gasteiger partial charge in [0.25, 0.3) is 5.91 Å². The van der Waals surface area contributed by atoms with Crippen LogP contribution in [0.5, 0.6) is 0 Å². The molecule has 0 aliphatic carbocycles. The molecule has 1 aromatic heterocycles. The minimum Gasteiger partial charge on any atom is -0.399 e. The van der Waals surface area contributed by atoms with Crippen molar-refractivity contribution in [1.29, 1.82) is 0 Å². The molecule has 8 heteroatoms. The van der Waals surface area contributed by atoms with Crippen LogP contribution in [0.3, 0.4) is 0 Å². The van der Waals surface area contributed by atoms with Crippen molar-refractivity contribution in [2.45, 2.75) is 6.42 Å². The van der Waals surface area contributed by atoms with E-state index in [0.717, 1.165) is 56.3 Å². The van der Waals surface area contributed by atoms with Crippen LogP contribution in [0.4, 0.5) is 11.5 Å². The first-order valence-corrected chi connectivity index (χ1v) is 9.12. The van der Waals surface area contributed by atoms with Crippen molar-refractivity contribution in [2.24, 2.45) is 5.73 Å². The van der Waals surface area contributed by atoms with E-state index in [1.165, 1.54) is 11.5 Å². The molecule has 0 unspecified atom stereocenters. The lowest BCUT2D eigenvalue weighted by Crippen LogP contribution is -2.37. The summed E-state index contributed by atoms with van der Waals surface area (Å²) in [6.45, 7) is 5.29. The smallest absolute Gasteiger partial charge is 0.254 e. The highest BCUT2D eigenvalue weighted by atomic mass is 32.1. The number of anilines is 2. The van der Waals surface area contributed by atoms with Gasteiger partial charge in [0.2, 0.25) is 0 Å². The highest BCUT2D eigenvalue weighted by Crippen LogP contribution is 2.33. The lowest BCUT2D eigenvalue weighted by Gasteiger charge is -2.26. The van der Waals surface area contributed by atoms with Crippen molar-refractivity contribution in [3.05, 3.63) is 29.8 Å². The summed E-state index contributed by atoms with van der Waals surface area (Å²) in [6, 6.07) is 7.35. The molecule has 1 aliphatic heterocycles. The number of morpholine rings is 1. The van der Waals surface area contributed by atoms with Crippen molar-refractivity contribution >= 4 is 28.9 Å². The standard InChI is InChI=1S/C17H23N5O2S/c18-13-4-2-12(3-5-13)15-14(16(19)23)17(21-25-15)20-6-1-7-22-8-10-24-11-9-22/h2-5H,1,6-11,18H2,(H2,19,23)(H,20,21). The molecule has 0 saturated carbocycles. The SMILES string of the molecule is NC(=O)c1c(NCCCN2CCOCC2)nsc1-c1ccc(N)cc1. The second-order valence-electron chi connectivity index (χ2n) is 5.96. The predicted octanol–water partition coefficient (Wildman–Crippen LogP) is 1.63. The van der Waals surface area contributed by atoms with Gasteiger partial charge < -0.3 is 21.5 Å². The summed E-state index contributed by atoms with van der Waals surface area (Å²) in [6.07, 6.45) is 0.965. The number of rotatable bonds is 7. The largest absolute Gasteiger partial charge is 0.399 e. The van der Waals surface area contributed by atoms with E-state index < -0.39 is 5.91 Å². The molecule has 1 amide bonds. The second-order valence-corrected chi connectivity index (χ2v) is 6.73. The number of nitrogens with one attached hydrogen (secondary N) is 1. The number of aromatic nitrogens is 1. The number of hydrogen-bond acceptors (Lipinski definition) is 7. The Bertz CT molecular complexity index is 710. The Hall–Kier alpha value is -2.16. The van der Waals surface area contributed by atoms with E-state index in [0.29, 0.717) is 17.1 Å². The van der Waals surface area contributed by atoms with Crippen LogP contribution < -0.4 is 16.8 Å². The van der Waals surface area contributed by atoms with Gasteiger partial charge in [-0.05, 0) is 42.2 Å². The molecule has 2 heterocycles. The summed E-state index contributed by atoms with van der Waals surface area (Å²) in [5.74, 6) is 0.0857. The summed E-state index contributed by atoms with van der Waals surface area (Å²) < 4.78 is 9.73. The molecule has 1 fully saturated rings. The van der Waals surface area contributed by atoms with Crippen LogP contribution in [0.1, 0.15) is 16.8 Å². The Labute approximate surface area is 151 Å². The van der Waals surface area contributed by atoms with Crippen molar-refractivity contribution in [2.75, 3.05) is 50.4 Å². The summed E-state index contributed by atoms with van der Waals surface area (Å²) in [5.41, 5.74) is 13.3. The van der Waals surface area contributed by atoms with Crippen LogP contribution >= 0.6 is 11.5 Å². The van der Waals surface area contributed by atoms with Gasteiger partial charge in [-0.3, -0.25) is 9.69 Å². The maximum absolute atomic E-state index is 11.9. The van der Waals surface area contributed by atoms with Crippen molar-refractivity contribution < 1.29 is 9.53 Å². The van der Waals surface area contributed by atoms with Crippen molar-refractivity contribution in [1.82, 2.24) is 9.27 Å². The third kappa shape index (κ3) is 4.47. The van der Waals surface area contributed by atoms with E-state index in [1.807, 2.05) is 12.1 Å². The van der Waals surface area contributed by atoms with E-state index in [1.54, 1.807) is 12.1 Å². The van der Waals surface area contributed by atoms with Crippen LogP contribution in [0.25, 0.3) is 10.4 Å². The molecule has 5 N–H and O–H groups in total. The number of carbonyl (C=O) groups is 1. The summed E-state index contributed by atoms with van der Waals surface area (Å²) >= 11 is 1.27. The summed E-state index contributed by atoms with van der Waals surface area (Å²) in [7, 11) is 0. The van der Waals surface area contributed by atoms with E-state index in [2.05, 4.69) is 14.6 Å². The van der Waals surface area contributed by atoms with Crippen molar-refractivity contribution in [3.8, 4) is 10.4 Å². The lowest BCUT2D eigenvalue weighted by molar-refractivity contribution is 0.0378. The molecule has 1 saturated heterocycles. The Morgan fingerprint density at radius 1 is 1.28 bits per heavy atom. The van der Waals surface area contributed by atoms with Gasteiger partial charge in [-0.1, -0.05) is 12.1 Å². The maximum Gasteiger partial charge on any atom is 0.254 e. The zero-order valence-electron chi connectivity index (χ0n) is 14.0. The molecule has 3 rings (SSSR count). The molecular formula is C17H23N5O2S. The monoisotopic (exact) mass is 361 g/mol. The zero-order chi connectivity index (χ0) is 17.6. The maximum atomic E-state index is 11.9. The van der Waals surface area contributed by atoms with Gasteiger partial charge in [-0.25, -0.2) is 0 Å². The lowest BCUT2D eigenvalue weighted by atomic mass is 10.1. The zero-order valence-corrected chi connectivity index (χ0v) is 14.8. The number of ether oxygens (including phenoxy) is 1. The highest BCUT2D eigenvalue weighted by Gasteiger charge is 2.20. The fourth-order valence-electron chi connectivity index (χ4n) is 2.81. The van der Waals surface area contributed by atoms with Gasteiger partial charge in [0.1, 0.15) is 5.56 Å². The predicted molar refractivity (Wildman–Crippen MR) is 101 cm³/mol. The Kier molecular flexibility index (Phi) is 5.85. The Balaban J connectivity index is 1.63. The van der Waals surface area contributed by atoms with Gasteiger partial charge in [0, 0.05) is 25.3 Å². The first-order chi connectivity index (χ1) is 12.1. The quantitative estimate of drug-likeness (QED) is 0.511. The van der Waals surface area contributed by atoms with Gasteiger partial charge in [-0.2, -0.15) is 4.37 Å². The molecule has 0 spiro atoms. The number of benzene rings is 1. The van der Waals surface area contributed by atoms with Crippen LogP contribution in [0.15, 0.2) is 24.3 Å². The third-order valence-corrected chi connectivity index (χ3v) is 5.05. The molecule has 25 heavy (non-hydrogen) atoms. The van der Waals surface area contributed by atoms with Gasteiger partial charge >= 0.3 is 0 Å². The van der Waals surface area contributed by atoms with Gasteiger partial charge in [0.05, 0.1) is 18.1 Å². The molecule has 7 nitrogen and oxygen atoms in total. The van der Waals surface area contributed by atoms with Crippen LogP contribution in [-0.4, -0.2) is 54.6 Å². The van der Waals surface area contributed by atoms with Gasteiger partial charge in [-0.15, -0.1) is 0 Å². The molecule has 2 aromatic rings. The highest BCUT2D eigenvalue weighted by molar-refractivity contribution is 7.10. The molecule has 0 atom stereocenters. The molecule has 134 valence electrons. The van der Waals surface area contributed by atoms with Crippen LogP contribution in [0, 0.1) is 0 Å². The van der Waals surface area contributed by atoms with E-state index in [-0.39, 0.29) is 0 Å². The number of nitrogens with two attached hydrogens (primary N) is 2. The van der Waals surface area contributed by atoms with Crippen LogP contribution in [-0.2, 0) is 4.74 Å². The normalized spacial score (nSPS) is 15.2. The van der Waals surface area contributed by atoms with E-state index >= 15 is 0 Å². The molecular weight excluding hydrogens is 338 g/mol. The average molecular weight is 361 g/mol. The Morgan fingerprint density at radius 2 is 2.00 bits per heavy atom. The number of hydrogen-bond donors (Lipinski definition) is 3. The Morgan fingerprint density at radius 3 is 2.68 bits per heavy atom. The first kappa shape index (κ1) is 17.7. The number of nitrogen functional groups attached to an aromatic ring is 1. The number of primary amides is 1. The second kappa shape index (κ2) is 8.28. The van der Waals surface area contributed by atoms with Crippen molar-refractivity contribution in [3.63, 3.8) is 0 Å².